The quantitative estimate of drug-likeness (QED) is 0.638. The van der Waals surface area contributed by atoms with E-state index < -0.39 is 0 Å². The molecule has 0 radical (unpaired) electrons. The number of thioether (sulfide) groups is 1. The van der Waals surface area contributed by atoms with Crippen molar-refractivity contribution in [1.82, 2.24) is 10.3 Å². The van der Waals surface area contributed by atoms with Crippen LogP contribution in [-0.2, 0) is 0 Å². The molecule has 4 heteroatoms. The zero-order chi connectivity index (χ0) is 13.6. The van der Waals surface area contributed by atoms with Gasteiger partial charge in [0, 0.05) is 11.8 Å². The second-order valence-electron chi connectivity index (χ2n) is 5.44. The number of aromatic nitrogens is 1. The van der Waals surface area contributed by atoms with Crippen LogP contribution in [0.1, 0.15) is 38.5 Å². The van der Waals surface area contributed by atoms with Crippen LogP contribution in [-0.4, -0.2) is 23.3 Å². The van der Waals surface area contributed by atoms with Crippen LogP contribution >= 0.6 is 11.8 Å². The average molecular weight is 290 g/mol. The van der Waals surface area contributed by atoms with Gasteiger partial charge in [-0.25, -0.2) is 4.98 Å². The Balaban J connectivity index is 1.37. The van der Waals surface area contributed by atoms with Crippen LogP contribution in [0.3, 0.4) is 0 Å². The lowest BCUT2D eigenvalue weighted by Gasteiger charge is -2.22. The fourth-order valence-electron chi connectivity index (χ4n) is 2.76. The second kappa shape index (κ2) is 7.14. The summed E-state index contributed by atoms with van der Waals surface area (Å²) in [5.74, 6) is 1.06. The first-order valence-corrected chi connectivity index (χ1v) is 8.62. The smallest absolute Gasteiger partial charge is 0.256 e. The van der Waals surface area contributed by atoms with Crippen molar-refractivity contribution in [1.29, 1.82) is 0 Å². The zero-order valence-electron chi connectivity index (χ0n) is 11.8. The molecule has 1 saturated carbocycles. The molecule has 108 valence electrons. The van der Waals surface area contributed by atoms with E-state index in [-0.39, 0.29) is 0 Å². The third-order valence-corrected chi connectivity index (χ3v) is 4.77. The summed E-state index contributed by atoms with van der Waals surface area (Å²) in [4.78, 5) is 4.48. The van der Waals surface area contributed by atoms with Gasteiger partial charge in [0.05, 0.1) is 0 Å². The molecule has 1 heterocycles. The van der Waals surface area contributed by atoms with E-state index in [1.54, 1.807) is 11.8 Å². The van der Waals surface area contributed by atoms with Crippen molar-refractivity contribution in [3.63, 3.8) is 0 Å². The summed E-state index contributed by atoms with van der Waals surface area (Å²) in [5.41, 5.74) is 1.84. The van der Waals surface area contributed by atoms with Crippen LogP contribution in [0.15, 0.2) is 33.9 Å². The standard InChI is InChI=1S/C16H22N2OS/c1-2-7-13(8-3-1)17-11-6-12-20-16-18-14-9-4-5-10-15(14)19-16/h4-5,9-10,13,17H,1-3,6-8,11-12H2. The van der Waals surface area contributed by atoms with Gasteiger partial charge in [-0.3, -0.25) is 0 Å². The minimum Gasteiger partial charge on any atom is -0.431 e. The maximum atomic E-state index is 5.70. The Morgan fingerprint density at radius 2 is 2.05 bits per heavy atom. The van der Waals surface area contributed by atoms with E-state index in [0.717, 1.165) is 34.7 Å². The maximum Gasteiger partial charge on any atom is 0.256 e. The van der Waals surface area contributed by atoms with Gasteiger partial charge in [-0.05, 0) is 37.9 Å². The first kappa shape index (κ1) is 14.0. The highest BCUT2D eigenvalue weighted by Crippen LogP contribution is 2.23. The van der Waals surface area contributed by atoms with Crippen molar-refractivity contribution < 1.29 is 4.42 Å². The fraction of sp³-hybridized carbons (Fsp3) is 0.562. The molecule has 1 N–H and O–H groups in total. The van der Waals surface area contributed by atoms with Gasteiger partial charge in [-0.2, -0.15) is 0 Å². The van der Waals surface area contributed by atoms with Crippen LogP contribution < -0.4 is 5.32 Å². The monoisotopic (exact) mass is 290 g/mol. The fourth-order valence-corrected chi connectivity index (χ4v) is 3.53. The number of rotatable bonds is 6. The predicted octanol–water partition coefficient (Wildman–Crippen LogP) is 4.23. The number of nitrogens with one attached hydrogen (secondary N) is 1. The molecule has 1 aliphatic carbocycles. The van der Waals surface area contributed by atoms with E-state index in [1.165, 1.54) is 38.5 Å². The van der Waals surface area contributed by atoms with Gasteiger partial charge in [0.1, 0.15) is 5.52 Å². The number of oxazole rings is 1. The van der Waals surface area contributed by atoms with E-state index in [2.05, 4.69) is 10.3 Å². The minimum atomic E-state index is 0.762. The van der Waals surface area contributed by atoms with E-state index in [4.69, 9.17) is 4.42 Å². The molecule has 0 spiro atoms. The van der Waals surface area contributed by atoms with Crippen molar-refractivity contribution >= 4 is 22.9 Å². The van der Waals surface area contributed by atoms with Gasteiger partial charge in [0.2, 0.25) is 0 Å². The van der Waals surface area contributed by atoms with Crippen LogP contribution in [0.2, 0.25) is 0 Å². The van der Waals surface area contributed by atoms with Gasteiger partial charge >= 0.3 is 0 Å². The lowest BCUT2D eigenvalue weighted by atomic mass is 9.95. The number of benzene rings is 1. The van der Waals surface area contributed by atoms with Crippen LogP contribution in [0, 0.1) is 0 Å². The van der Waals surface area contributed by atoms with Crippen LogP contribution in [0.5, 0.6) is 0 Å². The molecule has 0 amide bonds. The molecule has 0 aliphatic heterocycles. The number of para-hydroxylation sites is 2. The Kier molecular flexibility index (Phi) is 4.98. The molecule has 1 aromatic heterocycles. The maximum absolute atomic E-state index is 5.70. The van der Waals surface area contributed by atoms with Crippen molar-refractivity contribution in [2.24, 2.45) is 0 Å². The summed E-state index contributed by atoms with van der Waals surface area (Å²) in [5, 5.41) is 4.47. The molecule has 3 nitrogen and oxygen atoms in total. The topological polar surface area (TPSA) is 38.1 Å². The third kappa shape index (κ3) is 3.76. The number of hydrogen-bond donors (Lipinski definition) is 1. The Bertz CT molecular complexity index is 501. The summed E-state index contributed by atoms with van der Waals surface area (Å²) in [6.45, 7) is 1.11. The highest BCUT2D eigenvalue weighted by atomic mass is 32.2. The molecule has 2 aromatic rings. The molecule has 3 rings (SSSR count). The SMILES string of the molecule is c1ccc2oc(SCCCNC3CCCCC3)nc2c1. The molecule has 1 fully saturated rings. The van der Waals surface area contributed by atoms with Crippen molar-refractivity contribution in [3.8, 4) is 0 Å². The normalized spacial score (nSPS) is 16.8. The van der Waals surface area contributed by atoms with Crippen molar-refractivity contribution in [2.75, 3.05) is 12.3 Å². The van der Waals surface area contributed by atoms with Crippen LogP contribution in [0.4, 0.5) is 0 Å². The molecular weight excluding hydrogens is 268 g/mol. The highest BCUT2D eigenvalue weighted by molar-refractivity contribution is 7.99. The summed E-state index contributed by atoms with van der Waals surface area (Å²) < 4.78 is 5.70. The summed E-state index contributed by atoms with van der Waals surface area (Å²) in [7, 11) is 0. The van der Waals surface area contributed by atoms with E-state index >= 15 is 0 Å². The van der Waals surface area contributed by atoms with Gasteiger partial charge in [0.15, 0.2) is 5.58 Å². The average Bonchev–Trinajstić information content (AvgIpc) is 2.90. The Labute approximate surface area is 124 Å². The molecule has 0 saturated heterocycles. The predicted molar refractivity (Wildman–Crippen MR) is 84.2 cm³/mol. The number of nitrogens with zero attached hydrogens (tertiary/aromatic N) is 1. The van der Waals surface area contributed by atoms with Gasteiger partial charge in [-0.1, -0.05) is 43.2 Å². The Hall–Kier alpha value is -1.00. The highest BCUT2D eigenvalue weighted by Gasteiger charge is 2.12. The summed E-state index contributed by atoms with van der Waals surface area (Å²) >= 11 is 1.71. The van der Waals surface area contributed by atoms with Crippen molar-refractivity contribution in [3.05, 3.63) is 24.3 Å². The van der Waals surface area contributed by atoms with E-state index in [0.29, 0.717) is 0 Å². The number of hydrogen-bond acceptors (Lipinski definition) is 4. The molecule has 0 bridgehead atoms. The second-order valence-corrected chi connectivity index (χ2v) is 6.48. The Morgan fingerprint density at radius 1 is 1.20 bits per heavy atom. The first-order valence-electron chi connectivity index (χ1n) is 7.63. The zero-order valence-corrected chi connectivity index (χ0v) is 12.6. The summed E-state index contributed by atoms with van der Waals surface area (Å²) in [6.07, 6.45) is 8.10. The molecule has 20 heavy (non-hydrogen) atoms. The molecule has 0 atom stereocenters. The minimum absolute atomic E-state index is 0.762. The van der Waals surface area contributed by atoms with Crippen LogP contribution in [0.25, 0.3) is 11.1 Å². The van der Waals surface area contributed by atoms with Gasteiger partial charge in [-0.15, -0.1) is 0 Å². The first-order chi connectivity index (χ1) is 9.92. The molecule has 1 aliphatic rings. The summed E-state index contributed by atoms with van der Waals surface area (Å²) in [6, 6.07) is 8.70. The lowest BCUT2D eigenvalue weighted by Crippen LogP contribution is -2.31. The largest absolute Gasteiger partial charge is 0.431 e. The number of fused-ring (bicyclic) bond motifs is 1. The lowest BCUT2D eigenvalue weighted by molar-refractivity contribution is 0.374. The molecule has 0 unspecified atom stereocenters. The van der Waals surface area contributed by atoms with Crippen molar-refractivity contribution in [2.45, 2.75) is 49.8 Å². The van der Waals surface area contributed by atoms with E-state index in [9.17, 15) is 0 Å². The Morgan fingerprint density at radius 3 is 2.90 bits per heavy atom. The van der Waals surface area contributed by atoms with Gasteiger partial charge < -0.3 is 9.73 Å². The van der Waals surface area contributed by atoms with Gasteiger partial charge in [0.25, 0.3) is 5.22 Å². The molecular formula is C16H22N2OS. The van der Waals surface area contributed by atoms with E-state index in [1.807, 2.05) is 24.3 Å². The third-order valence-electron chi connectivity index (χ3n) is 3.86. The molecule has 1 aromatic carbocycles.